The molecule has 0 aliphatic heterocycles. The first-order valence-electron chi connectivity index (χ1n) is 8.04. The van der Waals surface area contributed by atoms with E-state index in [1.165, 1.54) is 7.11 Å². The van der Waals surface area contributed by atoms with E-state index in [0.29, 0.717) is 5.69 Å². The molecule has 2 aromatic carbocycles. The molecule has 6 nitrogen and oxygen atoms in total. The van der Waals surface area contributed by atoms with Crippen molar-refractivity contribution in [1.29, 1.82) is 0 Å². The fourth-order valence-electron chi connectivity index (χ4n) is 2.30. The molecule has 0 aromatic heterocycles. The van der Waals surface area contributed by atoms with Crippen LogP contribution in [0.4, 0.5) is 20.2 Å². The van der Waals surface area contributed by atoms with Crippen LogP contribution in [-0.2, 0) is 9.57 Å². The van der Waals surface area contributed by atoms with Crippen LogP contribution >= 0.6 is 38.5 Å². The van der Waals surface area contributed by atoms with Gasteiger partial charge in [-0.2, -0.15) is 0 Å². The molecule has 0 aliphatic rings. The zero-order valence-electron chi connectivity index (χ0n) is 15.0. The van der Waals surface area contributed by atoms with Crippen molar-refractivity contribution in [2.45, 2.75) is 13.0 Å². The number of aliphatic hydroxyl groups excluding tert-OH is 1. The summed E-state index contributed by atoms with van der Waals surface area (Å²) in [5.41, 5.74) is 2.91. The molecule has 0 aliphatic carbocycles. The minimum absolute atomic E-state index is 0.0193. The average molecular weight is 571 g/mol. The molecule has 0 saturated carbocycles. The molecule has 2 rings (SSSR count). The molecule has 152 valence electrons. The minimum atomic E-state index is -1.21. The third kappa shape index (κ3) is 5.83. The Balaban J connectivity index is 2.29. The first kappa shape index (κ1) is 22.9. The Bertz CT molecular complexity index is 870. The molecule has 0 fully saturated rings. The van der Waals surface area contributed by atoms with E-state index in [0.717, 1.165) is 15.2 Å². The predicted octanol–water partition coefficient (Wildman–Crippen LogP) is 4.05. The van der Waals surface area contributed by atoms with Crippen LogP contribution in [0.1, 0.15) is 15.9 Å². The topological polar surface area (TPSA) is 79.8 Å². The van der Waals surface area contributed by atoms with Crippen molar-refractivity contribution >= 4 is 55.8 Å². The van der Waals surface area contributed by atoms with E-state index in [4.69, 9.17) is 9.57 Å². The lowest BCUT2D eigenvalue weighted by molar-refractivity contribution is -0.0365. The van der Waals surface area contributed by atoms with Gasteiger partial charge in [0, 0.05) is 16.4 Å². The van der Waals surface area contributed by atoms with Gasteiger partial charge in [0.1, 0.15) is 12.7 Å². The van der Waals surface area contributed by atoms with Crippen molar-refractivity contribution in [2.75, 3.05) is 25.6 Å². The van der Waals surface area contributed by atoms with Gasteiger partial charge in [-0.15, -0.1) is 0 Å². The van der Waals surface area contributed by atoms with Gasteiger partial charge in [-0.1, -0.05) is 0 Å². The Morgan fingerprint density at radius 1 is 1.29 bits per heavy atom. The Morgan fingerprint density at radius 2 is 2.00 bits per heavy atom. The monoisotopic (exact) mass is 570 g/mol. The molecule has 0 radical (unpaired) electrons. The Labute approximate surface area is 182 Å². The van der Waals surface area contributed by atoms with Crippen molar-refractivity contribution < 1.29 is 28.3 Å². The van der Waals surface area contributed by atoms with E-state index in [2.05, 4.69) is 49.3 Å². The third-order valence-electron chi connectivity index (χ3n) is 3.65. The van der Waals surface area contributed by atoms with Crippen LogP contribution in [0.5, 0.6) is 0 Å². The van der Waals surface area contributed by atoms with Crippen LogP contribution < -0.4 is 10.8 Å². The average Bonchev–Trinajstić information content (AvgIpc) is 2.63. The number of carbonyl (C=O) groups is 1. The van der Waals surface area contributed by atoms with E-state index in [1.807, 2.05) is 6.07 Å². The molecule has 1 unspecified atom stereocenters. The van der Waals surface area contributed by atoms with Gasteiger partial charge in [-0.25, -0.2) is 14.3 Å². The molecule has 0 bridgehead atoms. The number of rotatable bonds is 8. The highest BCUT2D eigenvalue weighted by molar-refractivity contribution is 14.1. The summed E-state index contributed by atoms with van der Waals surface area (Å²) in [7, 11) is 1.41. The quantitative estimate of drug-likeness (QED) is 0.253. The number of aryl methyl sites for hydroxylation is 1. The number of hydroxylamine groups is 1. The van der Waals surface area contributed by atoms with E-state index >= 15 is 0 Å². The van der Waals surface area contributed by atoms with Crippen LogP contribution in [0.3, 0.4) is 0 Å². The van der Waals surface area contributed by atoms with E-state index in [9.17, 15) is 18.7 Å². The van der Waals surface area contributed by atoms with Crippen molar-refractivity contribution in [3.8, 4) is 0 Å². The summed E-state index contributed by atoms with van der Waals surface area (Å²) < 4.78 is 34.2. The number of hydrogen-bond acceptors (Lipinski definition) is 5. The van der Waals surface area contributed by atoms with E-state index in [-0.39, 0.29) is 28.9 Å². The summed E-state index contributed by atoms with van der Waals surface area (Å²) in [6, 6.07) is 6.50. The van der Waals surface area contributed by atoms with Crippen LogP contribution in [0, 0.1) is 22.1 Å². The summed E-state index contributed by atoms with van der Waals surface area (Å²) in [5, 5.41) is 12.3. The first-order valence-corrected chi connectivity index (χ1v) is 9.91. The van der Waals surface area contributed by atoms with Crippen LogP contribution in [-0.4, -0.2) is 37.4 Å². The summed E-state index contributed by atoms with van der Waals surface area (Å²) >= 11 is 5.03. The molecule has 1 atom stereocenters. The zero-order valence-corrected chi connectivity index (χ0v) is 18.7. The van der Waals surface area contributed by atoms with Gasteiger partial charge < -0.3 is 15.2 Å². The summed E-state index contributed by atoms with van der Waals surface area (Å²) in [5.74, 6) is -3.15. The predicted molar refractivity (Wildman–Crippen MR) is 113 cm³/mol. The summed E-state index contributed by atoms with van der Waals surface area (Å²) in [6.07, 6.45) is -0.950. The fourth-order valence-corrected chi connectivity index (χ4v) is 3.35. The smallest absolute Gasteiger partial charge is 0.277 e. The third-order valence-corrected chi connectivity index (χ3v) is 4.90. The second-order valence-corrected chi connectivity index (χ2v) is 7.94. The Hall–Kier alpha value is -1.34. The maximum atomic E-state index is 14.6. The second kappa shape index (κ2) is 10.4. The van der Waals surface area contributed by atoms with Gasteiger partial charge in [0.25, 0.3) is 5.91 Å². The van der Waals surface area contributed by atoms with E-state index < -0.39 is 23.6 Å². The Morgan fingerprint density at radius 3 is 2.64 bits per heavy atom. The number of halogens is 4. The zero-order chi connectivity index (χ0) is 20.8. The number of anilines is 2. The Kier molecular flexibility index (Phi) is 8.56. The maximum Gasteiger partial charge on any atom is 0.277 e. The highest BCUT2D eigenvalue weighted by Gasteiger charge is 2.23. The molecule has 0 spiro atoms. The number of amides is 1. The van der Waals surface area contributed by atoms with Crippen molar-refractivity contribution in [3.63, 3.8) is 0 Å². The first-order chi connectivity index (χ1) is 13.2. The standard InChI is InChI=1S/C18H18BrF2IN2O4/c1-9-5-10(22)3-4-14(9)23-17-12(6-13(19)15(20)16(17)21)18(26)24-28-8-11(25)7-27-2/h3-6,11,23,25H,7-8H2,1-2H3,(H,24,26). The number of benzene rings is 2. The highest BCUT2D eigenvalue weighted by atomic mass is 127. The number of nitrogens with one attached hydrogen (secondary N) is 2. The minimum Gasteiger partial charge on any atom is -0.388 e. The molecule has 0 heterocycles. The van der Waals surface area contributed by atoms with Crippen molar-refractivity contribution in [3.05, 3.63) is 55.1 Å². The molecular weight excluding hydrogens is 553 g/mol. The molecule has 1 amide bonds. The number of methoxy groups -OCH3 is 1. The van der Waals surface area contributed by atoms with E-state index in [1.54, 1.807) is 19.1 Å². The SMILES string of the molecule is COCC(O)CONC(=O)c1cc(Br)c(F)c(F)c1Nc1ccc(I)cc1C. The van der Waals surface area contributed by atoms with Gasteiger partial charge in [0.15, 0.2) is 11.6 Å². The van der Waals surface area contributed by atoms with Crippen LogP contribution in [0.2, 0.25) is 0 Å². The molecule has 2 aromatic rings. The van der Waals surface area contributed by atoms with Crippen LogP contribution in [0.25, 0.3) is 0 Å². The number of aliphatic hydroxyl groups is 1. The lowest BCUT2D eigenvalue weighted by Gasteiger charge is -2.16. The normalized spacial score (nSPS) is 12.0. The van der Waals surface area contributed by atoms with Crippen LogP contribution in [0.15, 0.2) is 28.7 Å². The largest absolute Gasteiger partial charge is 0.388 e. The highest BCUT2D eigenvalue weighted by Crippen LogP contribution is 2.32. The number of hydrogen-bond donors (Lipinski definition) is 3. The number of carbonyl (C=O) groups excluding carboxylic acids is 1. The van der Waals surface area contributed by atoms with Gasteiger partial charge in [0.2, 0.25) is 0 Å². The molecule has 0 saturated heterocycles. The van der Waals surface area contributed by atoms with Gasteiger partial charge in [-0.05, 0) is 75.3 Å². The lowest BCUT2D eigenvalue weighted by atomic mass is 10.1. The lowest BCUT2D eigenvalue weighted by Crippen LogP contribution is -2.30. The molecule has 28 heavy (non-hydrogen) atoms. The van der Waals surface area contributed by atoms with Crippen molar-refractivity contribution in [2.24, 2.45) is 0 Å². The summed E-state index contributed by atoms with van der Waals surface area (Å²) in [6.45, 7) is 1.59. The van der Waals surface area contributed by atoms with Crippen molar-refractivity contribution in [1.82, 2.24) is 5.48 Å². The maximum absolute atomic E-state index is 14.6. The van der Waals surface area contributed by atoms with Gasteiger partial charge in [0.05, 0.1) is 22.3 Å². The van der Waals surface area contributed by atoms with Gasteiger partial charge in [-0.3, -0.25) is 9.63 Å². The molecular formula is C18H18BrF2IN2O4. The van der Waals surface area contributed by atoms with Gasteiger partial charge >= 0.3 is 0 Å². The molecule has 3 N–H and O–H groups in total. The number of ether oxygens (including phenoxy) is 1. The molecule has 10 heteroatoms. The second-order valence-electron chi connectivity index (χ2n) is 5.84. The fraction of sp³-hybridized carbons (Fsp3) is 0.278. The summed E-state index contributed by atoms with van der Waals surface area (Å²) in [4.78, 5) is 17.4.